The average Bonchev–Trinajstić information content (AvgIpc) is 3.84. The molecule has 1 nitrogen and oxygen atoms in total. The number of hydrogen-bond donors (Lipinski definition) is 0. The number of benzene rings is 9. The highest BCUT2D eigenvalue weighted by atomic mass is 15.1. The molecule has 6 aliphatic carbocycles. The van der Waals surface area contributed by atoms with Gasteiger partial charge in [-0.1, -0.05) is 188 Å². The molecule has 4 fully saturated rings. The summed E-state index contributed by atoms with van der Waals surface area (Å²) in [5, 5.41) is 0. The van der Waals surface area contributed by atoms with Gasteiger partial charge in [-0.15, -0.1) is 0 Å². The van der Waals surface area contributed by atoms with Gasteiger partial charge in [0.25, 0.3) is 0 Å². The maximum Gasteiger partial charge on any atom is 0.0726 e. The minimum absolute atomic E-state index is 0.329. The van der Waals surface area contributed by atoms with E-state index in [0.29, 0.717) is 5.41 Å². The smallest absolute Gasteiger partial charge is 0.0726 e. The van der Waals surface area contributed by atoms with Crippen molar-refractivity contribution in [2.24, 2.45) is 17.8 Å². The lowest BCUT2D eigenvalue weighted by molar-refractivity contribution is -0.00518. The first-order chi connectivity index (χ1) is 32.7. The van der Waals surface area contributed by atoms with Crippen LogP contribution in [0.25, 0.3) is 55.6 Å². The normalized spacial score (nSPS) is 21.0. The van der Waals surface area contributed by atoms with E-state index < -0.39 is 5.41 Å². The van der Waals surface area contributed by atoms with Crippen LogP contribution >= 0.6 is 0 Å². The molecule has 0 atom stereocenters. The summed E-state index contributed by atoms with van der Waals surface area (Å²) < 4.78 is 0. The van der Waals surface area contributed by atoms with Gasteiger partial charge in [-0.25, -0.2) is 0 Å². The third kappa shape index (κ3) is 5.53. The van der Waals surface area contributed by atoms with Crippen LogP contribution in [-0.2, 0) is 10.8 Å². The Hall–Kier alpha value is -7.22. The van der Waals surface area contributed by atoms with Crippen LogP contribution in [0.2, 0.25) is 0 Å². The Morgan fingerprint density at radius 2 is 0.727 bits per heavy atom. The topological polar surface area (TPSA) is 3.24 Å². The number of para-hydroxylation sites is 1. The monoisotopic (exact) mass is 845 g/mol. The maximum absolute atomic E-state index is 2.57. The SMILES string of the molecule is c1ccc(-c2ccccc2-c2ccccc2-c2ccccc2N(c2ccc(C34CC5CC(CC(C5)C3)C4)cc2)c2ccc3c(c2)C2(c4ccccc4-c4ccccc42)c2ccccc2-3)cc1. The second-order valence-electron chi connectivity index (χ2n) is 20.2. The standard InChI is InChI=1S/C65H51N/c1-2-16-46(17-3-1)50-18-4-5-19-51(50)52-20-6-7-21-53(52)58-25-11-15-29-63(58)66(48-32-30-47(31-33-48)64-40-43-36-44(41-64)38-45(37-43)42-64)49-34-35-57-56-24-10-14-28-61(56)65(62(57)39-49)59-26-12-8-22-54(59)55-23-9-13-27-60(55)65/h1-35,39,43-45H,36-38,40-42H2. The quantitative estimate of drug-likeness (QED) is 0.154. The van der Waals surface area contributed by atoms with Crippen LogP contribution in [0.1, 0.15) is 66.3 Å². The summed E-state index contributed by atoms with van der Waals surface area (Å²) in [5.74, 6) is 2.71. The maximum atomic E-state index is 2.57. The molecular weight excluding hydrogens is 795 g/mol. The van der Waals surface area contributed by atoms with E-state index in [-0.39, 0.29) is 0 Å². The first kappa shape index (κ1) is 38.1. The van der Waals surface area contributed by atoms with E-state index >= 15 is 0 Å². The molecule has 9 aromatic rings. The van der Waals surface area contributed by atoms with Crippen molar-refractivity contribution in [1.29, 1.82) is 0 Å². The Kier molecular flexibility index (Phi) is 8.45. The van der Waals surface area contributed by atoms with Crippen LogP contribution < -0.4 is 4.90 Å². The van der Waals surface area contributed by atoms with Crippen molar-refractivity contribution in [3.63, 3.8) is 0 Å². The molecule has 1 heteroatoms. The van der Waals surface area contributed by atoms with Crippen molar-refractivity contribution >= 4 is 17.1 Å². The second-order valence-corrected chi connectivity index (χ2v) is 20.2. The molecule has 0 saturated heterocycles. The molecule has 0 aliphatic heterocycles. The summed E-state index contributed by atoms with van der Waals surface area (Å²) in [7, 11) is 0. The van der Waals surface area contributed by atoms with E-state index in [1.54, 1.807) is 5.56 Å². The van der Waals surface area contributed by atoms with Gasteiger partial charge >= 0.3 is 0 Å². The number of nitrogens with zero attached hydrogens (tertiary/aromatic N) is 1. The molecule has 6 aliphatic rings. The number of fused-ring (bicyclic) bond motifs is 10. The third-order valence-electron chi connectivity index (χ3n) is 16.7. The lowest BCUT2D eigenvalue weighted by Crippen LogP contribution is -2.48. The van der Waals surface area contributed by atoms with E-state index in [1.807, 2.05) is 0 Å². The predicted molar refractivity (Wildman–Crippen MR) is 274 cm³/mol. The Balaban J connectivity index is 0.986. The molecule has 316 valence electrons. The largest absolute Gasteiger partial charge is 0.310 e. The van der Waals surface area contributed by atoms with E-state index in [4.69, 9.17) is 0 Å². The summed E-state index contributed by atoms with van der Waals surface area (Å²) >= 11 is 0. The van der Waals surface area contributed by atoms with Crippen LogP contribution in [0.15, 0.2) is 218 Å². The molecule has 4 saturated carbocycles. The Labute approximate surface area is 389 Å². The Morgan fingerprint density at radius 1 is 0.318 bits per heavy atom. The average molecular weight is 846 g/mol. The van der Waals surface area contributed by atoms with Gasteiger partial charge in [-0.05, 0) is 170 Å². The third-order valence-corrected chi connectivity index (χ3v) is 16.7. The predicted octanol–water partition coefficient (Wildman–Crippen LogP) is 17.0. The van der Waals surface area contributed by atoms with Crippen molar-refractivity contribution < 1.29 is 0 Å². The molecule has 9 aromatic carbocycles. The first-order valence-corrected chi connectivity index (χ1v) is 24.3. The summed E-state index contributed by atoms with van der Waals surface area (Å²) in [4.78, 5) is 2.57. The van der Waals surface area contributed by atoms with Crippen molar-refractivity contribution in [3.05, 3.63) is 246 Å². The van der Waals surface area contributed by atoms with Crippen LogP contribution in [-0.4, -0.2) is 0 Å². The highest BCUT2D eigenvalue weighted by Crippen LogP contribution is 2.64. The zero-order valence-electron chi connectivity index (χ0n) is 37.2. The van der Waals surface area contributed by atoms with Crippen LogP contribution in [0.3, 0.4) is 0 Å². The van der Waals surface area contributed by atoms with Gasteiger partial charge in [0.2, 0.25) is 0 Å². The fourth-order valence-corrected chi connectivity index (χ4v) is 14.5. The summed E-state index contributed by atoms with van der Waals surface area (Å²) in [6.45, 7) is 0. The van der Waals surface area contributed by atoms with Gasteiger partial charge in [0.05, 0.1) is 11.1 Å². The van der Waals surface area contributed by atoms with Gasteiger partial charge in [0, 0.05) is 16.9 Å². The van der Waals surface area contributed by atoms with Gasteiger partial charge in [-0.2, -0.15) is 0 Å². The minimum atomic E-state index is -0.434. The van der Waals surface area contributed by atoms with Gasteiger partial charge < -0.3 is 4.90 Å². The molecule has 1 spiro atoms. The second kappa shape index (κ2) is 14.6. The first-order valence-electron chi connectivity index (χ1n) is 24.3. The van der Waals surface area contributed by atoms with Crippen molar-refractivity contribution in [2.45, 2.75) is 49.4 Å². The lowest BCUT2D eigenvalue weighted by atomic mass is 9.48. The zero-order valence-corrected chi connectivity index (χ0v) is 37.2. The molecule has 0 aromatic heterocycles. The number of rotatable bonds is 7. The fraction of sp³-hybridized carbons (Fsp3) is 0.169. The molecule has 0 radical (unpaired) electrons. The summed E-state index contributed by atoms with van der Waals surface area (Å²) in [6, 6.07) is 82.7. The Bertz CT molecular complexity index is 3260. The zero-order chi connectivity index (χ0) is 43.4. The highest BCUT2D eigenvalue weighted by Gasteiger charge is 2.53. The van der Waals surface area contributed by atoms with Crippen molar-refractivity contribution in [3.8, 4) is 55.6 Å². The van der Waals surface area contributed by atoms with Gasteiger partial charge in [-0.3, -0.25) is 0 Å². The number of hydrogen-bond acceptors (Lipinski definition) is 1. The van der Waals surface area contributed by atoms with E-state index in [2.05, 4.69) is 223 Å². The molecule has 0 N–H and O–H groups in total. The molecule has 4 bridgehead atoms. The van der Waals surface area contributed by atoms with Crippen LogP contribution in [0, 0.1) is 17.8 Å². The van der Waals surface area contributed by atoms with Crippen LogP contribution in [0.5, 0.6) is 0 Å². The molecule has 0 amide bonds. The van der Waals surface area contributed by atoms with Gasteiger partial charge in [0.1, 0.15) is 0 Å². The van der Waals surface area contributed by atoms with E-state index in [1.165, 1.54) is 133 Å². The minimum Gasteiger partial charge on any atom is -0.310 e. The van der Waals surface area contributed by atoms with Crippen LogP contribution in [0.4, 0.5) is 17.1 Å². The Morgan fingerprint density at radius 3 is 1.29 bits per heavy atom. The van der Waals surface area contributed by atoms with E-state index in [9.17, 15) is 0 Å². The molecule has 0 unspecified atom stereocenters. The fourth-order valence-electron chi connectivity index (χ4n) is 14.5. The van der Waals surface area contributed by atoms with Gasteiger partial charge in [0.15, 0.2) is 0 Å². The van der Waals surface area contributed by atoms with E-state index in [0.717, 1.165) is 17.8 Å². The molecular formula is C65H51N. The van der Waals surface area contributed by atoms with Crippen molar-refractivity contribution in [2.75, 3.05) is 4.90 Å². The van der Waals surface area contributed by atoms with Crippen molar-refractivity contribution in [1.82, 2.24) is 0 Å². The molecule has 15 rings (SSSR count). The lowest BCUT2D eigenvalue weighted by Gasteiger charge is -2.57. The molecule has 0 heterocycles. The summed E-state index contributed by atoms with van der Waals surface area (Å²) in [6.07, 6.45) is 8.46. The number of anilines is 3. The highest BCUT2D eigenvalue weighted by molar-refractivity contribution is 5.99. The molecule has 66 heavy (non-hydrogen) atoms. The summed E-state index contributed by atoms with van der Waals surface area (Å²) in [5.41, 5.74) is 23.1.